The van der Waals surface area contributed by atoms with E-state index in [1.807, 2.05) is 29.2 Å². The second kappa shape index (κ2) is 9.25. The van der Waals surface area contributed by atoms with Crippen molar-refractivity contribution in [1.82, 2.24) is 10.2 Å². The molecular formula is C18H27ClN2O3. The largest absolute Gasteiger partial charge is 0.493 e. The van der Waals surface area contributed by atoms with Crippen molar-refractivity contribution >= 4 is 18.3 Å². The Kier molecular flexibility index (Phi) is 7.34. The van der Waals surface area contributed by atoms with E-state index in [4.69, 9.17) is 9.47 Å². The molecule has 0 spiro atoms. The number of ether oxygens (including phenoxy) is 2. The summed E-state index contributed by atoms with van der Waals surface area (Å²) in [6, 6.07) is 8.57. The van der Waals surface area contributed by atoms with Gasteiger partial charge in [0, 0.05) is 50.9 Å². The van der Waals surface area contributed by atoms with Gasteiger partial charge in [-0.3, -0.25) is 4.79 Å². The molecule has 1 amide bonds. The molecule has 2 fully saturated rings. The lowest BCUT2D eigenvalue weighted by Gasteiger charge is -2.24. The Morgan fingerprint density at radius 1 is 1.25 bits per heavy atom. The van der Waals surface area contributed by atoms with E-state index in [-0.39, 0.29) is 18.3 Å². The highest BCUT2D eigenvalue weighted by molar-refractivity contribution is 5.94. The van der Waals surface area contributed by atoms with Crippen molar-refractivity contribution in [3.8, 4) is 5.75 Å². The third-order valence-corrected chi connectivity index (χ3v) is 4.65. The maximum absolute atomic E-state index is 12.8. The molecule has 1 aromatic carbocycles. The average molecular weight is 355 g/mol. The highest BCUT2D eigenvalue weighted by Crippen LogP contribution is 2.22. The van der Waals surface area contributed by atoms with Gasteiger partial charge in [0.15, 0.2) is 0 Å². The highest BCUT2D eigenvalue weighted by atomic mass is 35.5. The zero-order valence-electron chi connectivity index (χ0n) is 14.2. The zero-order chi connectivity index (χ0) is 16.1. The van der Waals surface area contributed by atoms with E-state index in [9.17, 15) is 4.79 Å². The number of halogens is 1. The number of methoxy groups -OCH3 is 1. The van der Waals surface area contributed by atoms with Crippen molar-refractivity contribution in [3.63, 3.8) is 0 Å². The van der Waals surface area contributed by atoms with Gasteiger partial charge in [0.25, 0.3) is 5.91 Å². The number of fused-ring (bicyclic) bond motifs is 2. The van der Waals surface area contributed by atoms with Gasteiger partial charge < -0.3 is 19.7 Å². The van der Waals surface area contributed by atoms with Crippen LogP contribution in [-0.2, 0) is 4.74 Å². The average Bonchev–Trinajstić information content (AvgIpc) is 2.90. The van der Waals surface area contributed by atoms with Crippen LogP contribution >= 0.6 is 12.4 Å². The van der Waals surface area contributed by atoms with Gasteiger partial charge in [-0.2, -0.15) is 0 Å². The van der Waals surface area contributed by atoms with Crippen LogP contribution in [-0.4, -0.2) is 56.3 Å². The van der Waals surface area contributed by atoms with E-state index < -0.39 is 0 Å². The summed E-state index contributed by atoms with van der Waals surface area (Å²) in [4.78, 5) is 14.8. The minimum absolute atomic E-state index is 0. The molecule has 5 nitrogen and oxygen atoms in total. The normalized spacial score (nSPS) is 22.6. The van der Waals surface area contributed by atoms with Crippen LogP contribution in [0.1, 0.15) is 36.0 Å². The third kappa shape index (κ3) is 4.85. The maximum Gasteiger partial charge on any atom is 0.254 e. The first-order valence-corrected chi connectivity index (χ1v) is 8.53. The van der Waals surface area contributed by atoms with E-state index in [0.29, 0.717) is 30.9 Å². The molecule has 0 aromatic heterocycles. The van der Waals surface area contributed by atoms with E-state index in [1.165, 1.54) is 12.8 Å². The number of likely N-dealkylation sites (tertiary alicyclic amines) is 1. The summed E-state index contributed by atoms with van der Waals surface area (Å²) in [7, 11) is 1.68. The Labute approximate surface area is 150 Å². The first-order valence-electron chi connectivity index (χ1n) is 8.53. The molecule has 2 atom stereocenters. The molecule has 6 heteroatoms. The first kappa shape index (κ1) is 19.0. The van der Waals surface area contributed by atoms with Gasteiger partial charge >= 0.3 is 0 Å². The van der Waals surface area contributed by atoms with Crippen molar-refractivity contribution in [2.45, 2.75) is 37.8 Å². The second-order valence-corrected chi connectivity index (χ2v) is 6.40. The molecule has 0 radical (unpaired) electrons. The Bertz CT molecular complexity index is 541. The van der Waals surface area contributed by atoms with Crippen molar-refractivity contribution in [2.75, 3.05) is 33.4 Å². The molecular weight excluding hydrogens is 328 g/mol. The van der Waals surface area contributed by atoms with Crippen molar-refractivity contribution in [2.24, 2.45) is 0 Å². The molecule has 2 bridgehead atoms. The monoisotopic (exact) mass is 354 g/mol. The molecule has 1 N–H and O–H groups in total. The van der Waals surface area contributed by atoms with Gasteiger partial charge in [-0.25, -0.2) is 0 Å². The Morgan fingerprint density at radius 2 is 2.08 bits per heavy atom. The number of carbonyl (C=O) groups is 1. The predicted molar refractivity (Wildman–Crippen MR) is 96.1 cm³/mol. The molecule has 2 unspecified atom stereocenters. The van der Waals surface area contributed by atoms with Crippen LogP contribution in [0.2, 0.25) is 0 Å². The number of carbonyl (C=O) groups excluding carboxylic acids is 1. The third-order valence-electron chi connectivity index (χ3n) is 4.65. The molecule has 2 saturated heterocycles. The highest BCUT2D eigenvalue weighted by Gasteiger charge is 2.31. The molecule has 3 rings (SSSR count). The number of hydrogen-bond acceptors (Lipinski definition) is 4. The van der Waals surface area contributed by atoms with Gasteiger partial charge in [0.1, 0.15) is 5.75 Å². The van der Waals surface area contributed by atoms with E-state index >= 15 is 0 Å². The zero-order valence-corrected chi connectivity index (χ0v) is 15.0. The summed E-state index contributed by atoms with van der Waals surface area (Å²) >= 11 is 0. The van der Waals surface area contributed by atoms with Crippen LogP contribution < -0.4 is 10.1 Å². The summed E-state index contributed by atoms with van der Waals surface area (Å²) in [5.41, 5.74) is 0.715. The second-order valence-electron chi connectivity index (χ2n) is 6.40. The molecule has 1 aromatic rings. The van der Waals surface area contributed by atoms with Gasteiger partial charge in [0.05, 0.1) is 6.61 Å². The minimum atomic E-state index is 0. The Hall–Kier alpha value is -1.30. The fourth-order valence-corrected chi connectivity index (χ4v) is 3.42. The number of benzene rings is 1. The van der Waals surface area contributed by atoms with Crippen molar-refractivity contribution < 1.29 is 14.3 Å². The molecule has 0 saturated carbocycles. The Morgan fingerprint density at radius 3 is 2.92 bits per heavy atom. The smallest absolute Gasteiger partial charge is 0.254 e. The maximum atomic E-state index is 12.8. The summed E-state index contributed by atoms with van der Waals surface area (Å²) < 4.78 is 10.7. The summed E-state index contributed by atoms with van der Waals surface area (Å²) in [6.07, 6.45) is 4.32. The summed E-state index contributed by atoms with van der Waals surface area (Å²) in [5.74, 6) is 0.864. The molecule has 0 aliphatic carbocycles. The topological polar surface area (TPSA) is 50.8 Å². The van der Waals surface area contributed by atoms with Crippen LogP contribution in [0, 0.1) is 0 Å². The molecule has 24 heavy (non-hydrogen) atoms. The lowest BCUT2D eigenvalue weighted by atomic mass is 10.1. The van der Waals surface area contributed by atoms with Crippen LogP contribution in [0.3, 0.4) is 0 Å². The number of rotatable bonds is 6. The van der Waals surface area contributed by atoms with Gasteiger partial charge in [0.2, 0.25) is 0 Å². The number of nitrogens with zero attached hydrogens (tertiary/aromatic N) is 1. The van der Waals surface area contributed by atoms with E-state index in [1.54, 1.807) is 7.11 Å². The molecule has 2 heterocycles. The van der Waals surface area contributed by atoms with Crippen molar-refractivity contribution in [3.05, 3.63) is 29.8 Å². The fourth-order valence-electron chi connectivity index (χ4n) is 3.42. The number of hydrogen-bond donors (Lipinski definition) is 1. The number of amides is 1. The molecule has 2 aliphatic rings. The Balaban J connectivity index is 0.00000208. The van der Waals surface area contributed by atoms with Gasteiger partial charge in [-0.15, -0.1) is 12.4 Å². The predicted octanol–water partition coefficient (Wildman–Crippen LogP) is 2.49. The molecule has 134 valence electrons. The van der Waals surface area contributed by atoms with E-state index in [0.717, 1.165) is 31.7 Å². The van der Waals surface area contributed by atoms with Crippen LogP contribution in [0.15, 0.2) is 24.3 Å². The quantitative estimate of drug-likeness (QED) is 0.797. The van der Waals surface area contributed by atoms with E-state index in [2.05, 4.69) is 5.32 Å². The van der Waals surface area contributed by atoms with Crippen LogP contribution in [0.25, 0.3) is 0 Å². The van der Waals surface area contributed by atoms with Gasteiger partial charge in [-0.1, -0.05) is 6.07 Å². The van der Waals surface area contributed by atoms with Crippen LogP contribution in [0.5, 0.6) is 5.75 Å². The summed E-state index contributed by atoms with van der Waals surface area (Å²) in [5, 5.41) is 3.61. The van der Waals surface area contributed by atoms with Crippen molar-refractivity contribution in [1.29, 1.82) is 0 Å². The SMILES string of the molecule is COCCCOc1cccc(C(=O)N2CCC3CCC(C2)N3)c1.Cl. The molecule has 2 aliphatic heterocycles. The van der Waals surface area contributed by atoms with Gasteiger partial charge in [-0.05, 0) is 37.5 Å². The van der Waals surface area contributed by atoms with Crippen LogP contribution in [0.4, 0.5) is 0 Å². The lowest BCUT2D eigenvalue weighted by Crippen LogP contribution is -2.39. The summed E-state index contributed by atoms with van der Waals surface area (Å²) in [6.45, 7) is 2.94. The first-order chi connectivity index (χ1) is 11.3. The standard InChI is InChI=1S/C18H26N2O3.ClH/c1-22-10-3-11-23-17-5-2-4-14(12-17)18(21)20-9-8-15-6-7-16(13-20)19-15;/h2,4-5,12,15-16,19H,3,6-11,13H2,1H3;1H. The number of nitrogens with one attached hydrogen (secondary N) is 1. The lowest BCUT2D eigenvalue weighted by molar-refractivity contribution is 0.0747. The minimum Gasteiger partial charge on any atom is -0.493 e. The fraction of sp³-hybridized carbons (Fsp3) is 0.611.